The Bertz CT molecular complexity index is 984. The van der Waals surface area contributed by atoms with Crippen LogP contribution in [0.15, 0.2) is 48.8 Å². The van der Waals surface area contributed by atoms with Gasteiger partial charge in [-0.1, -0.05) is 12.1 Å². The number of nitrogens with zero attached hydrogens (tertiary/aromatic N) is 6. The molecule has 4 rings (SSSR count). The number of piperazine rings is 1. The summed E-state index contributed by atoms with van der Waals surface area (Å²) in [7, 11) is 0. The molecule has 2 aromatic carbocycles. The minimum atomic E-state index is -0.209. The molecule has 0 bridgehead atoms. The third kappa shape index (κ3) is 4.40. The first-order valence-corrected chi connectivity index (χ1v) is 9.46. The molecule has 1 amide bonds. The topological polar surface area (TPSA) is 79.2 Å². The van der Waals surface area contributed by atoms with E-state index < -0.39 is 0 Å². The number of aryl methyl sites for hydroxylation is 1. The first kappa shape index (κ1) is 19.0. The zero-order valence-corrected chi connectivity index (χ0v) is 16.1. The molecule has 3 aromatic rings. The quantitative estimate of drug-likeness (QED) is 0.711. The molecule has 0 aliphatic carbocycles. The van der Waals surface area contributed by atoms with Gasteiger partial charge in [0.05, 0.1) is 17.9 Å². The second kappa shape index (κ2) is 8.36. The van der Waals surface area contributed by atoms with E-state index >= 15 is 0 Å². The summed E-state index contributed by atoms with van der Waals surface area (Å²) >= 11 is 0. The number of nitrogens with one attached hydrogen (secondary N) is 1. The largest absolute Gasteiger partial charge is 0.367 e. The van der Waals surface area contributed by atoms with Crippen LogP contribution in [0, 0.1) is 12.7 Å². The molecule has 1 saturated heterocycles. The molecule has 1 aliphatic rings. The molecule has 0 radical (unpaired) electrons. The van der Waals surface area contributed by atoms with Gasteiger partial charge in [-0.3, -0.25) is 9.69 Å². The van der Waals surface area contributed by atoms with Crippen LogP contribution in [0.2, 0.25) is 0 Å². The maximum Gasteiger partial charge on any atom is 0.238 e. The number of amides is 1. The van der Waals surface area contributed by atoms with Gasteiger partial charge in [-0.15, -0.1) is 5.10 Å². The predicted molar refractivity (Wildman–Crippen MR) is 108 cm³/mol. The highest BCUT2D eigenvalue weighted by atomic mass is 19.1. The maximum absolute atomic E-state index is 13.9. The number of carbonyl (C=O) groups is 1. The van der Waals surface area contributed by atoms with Crippen LogP contribution < -0.4 is 10.2 Å². The lowest BCUT2D eigenvalue weighted by Crippen LogP contribution is -2.48. The molecule has 9 heteroatoms. The lowest BCUT2D eigenvalue weighted by atomic mass is 10.1. The van der Waals surface area contributed by atoms with E-state index in [4.69, 9.17) is 0 Å². The van der Waals surface area contributed by atoms with Gasteiger partial charge in [-0.05, 0) is 53.2 Å². The fourth-order valence-corrected chi connectivity index (χ4v) is 3.52. The van der Waals surface area contributed by atoms with Crippen LogP contribution in [0.4, 0.5) is 15.8 Å². The number of hydrogen-bond acceptors (Lipinski definition) is 6. The number of para-hydroxylation sites is 1. The van der Waals surface area contributed by atoms with E-state index in [1.807, 2.05) is 36.1 Å². The fourth-order valence-electron chi connectivity index (χ4n) is 3.52. The number of aromatic nitrogens is 4. The van der Waals surface area contributed by atoms with Crippen molar-refractivity contribution in [2.24, 2.45) is 0 Å². The van der Waals surface area contributed by atoms with Crippen LogP contribution in [0.5, 0.6) is 0 Å². The highest BCUT2D eigenvalue weighted by molar-refractivity contribution is 5.92. The van der Waals surface area contributed by atoms with Crippen LogP contribution >= 0.6 is 0 Å². The molecule has 1 aliphatic heterocycles. The lowest BCUT2D eigenvalue weighted by molar-refractivity contribution is -0.117. The van der Waals surface area contributed by atoms with Gasteiger partial charge in [-0.2, -0.15) is 0 Å². The highest BCUT2D eigenvalue weighted by Crippen LogP contribution is 2.20. The number of anilines is 2. The number of tetrazole rings is 1. The fraction of sp³-hybridized carbons (Fsp3) is 0.300. The van der Waals surface area contributed by atoms with Crippen LogP contribution in [0.25, 0.3) is 5.69 Å². The number of carbonyl (C=O) groups excluding carboxylic acids is 1. The van der Waals surface area contributed by atoms with Crippen molar-refractivity contribution in [2.45, 2.75) is 6.92 Å². The lowest BCUT2D eigenvalue weighted by Gasteiger charge is -2.35. The van der Waals surface area contributed by atoms with Crippen LogP contribution in [-0.2, 0) is 4.79 Å². The van der Waals surface area contributed by atoms with Crippen molar-refractivity contribution in [1.82, 2.24) is 25.1 Å². The van der Waals surface area contributed by atoms with Gasteiger partial charge in [0.15, 0.2) is 0 Å². The third-order valence-electron chi connectivity index (χ3n) is 5.01. The Kier molecular flexibility index (Phi) is 5.48. The zero-order chi connectivity index (χ0) is 20.2. The summed E-state index contributed by atoms with van der Waals surface area (Å²) in [5.74, 6) is -0.280. The monoisotopic (exact) mass is 395 g/mol. The summed E-state index contributed by atoms with van der Waals surface area (Å²) < 4.78 is 15.5. The first-order valence-electron chi connectivity index (χ1n) is 9.46. The van der Waals surface area contributed by atoms with Crippen molar-refractivity contribution in [3.8, 4) is 5.69 Å². The van der Waals surface area contributed by atoms with Crippen molar-refractivity contribution in [2.75, 3.05) is 42.9 Å². The van der Waals surface area contributed by atoms with Crippen molar-refractivity contribution in [1.29, 1.82) is 0 Å². The summed E-state index contributed by atoms with van der Waals surface area (Å²) in [4.78, 5) is 16.5. The van der Waals surface area contributed by atoms with Gasteiger partial charge in [0.2, 0.25) is 5.91 Å². The molecule has 150 valence electrons. The van der Waals surface area contributed by atoms with Crippen molar-refractivity contribution in [3.63, 3.8) is 0 Å². The van der Waals surface area contributed by atoms with E-state index in [0.717, 1.165) is 16.9 Å². The van der Waals surface area contributed by atoms with Gasteiger partial charge >= 0.3 is 0 Å². The summed E-state index contributed by atoms with van der Waals surface area (Å²) in [5, 5.41) is 14.1. The Balaban J connectivity index is 1.30. The second-order valence-electron chi connectivity index (χ2n) is 7.02. The van der Waals surface area contributed by atoms with E-state index in [2.05, 4.69) is 25.7 Å². The van der Waals surface area contributed by atoms with Gasteiger partial charge in [0.1, 0.15) is 12.1 Å². The van der Waals surface area contributed by atoms with Gasteiger partial charge < -0.3 is 10.2 Å². The molecule has 2 heterocycles. The third-order valence-corrected chi connectivity index (χ3v) is 5.01. The maximum atomic E-state index is 13.9. The van der Waals surface area contributed by atoms with Crippen molar-refractivity contribution < 1.29 is 9.18 Å². The van der Waals surface area contributed by atoms with Gasteiger partial charge in [-0.25, -0.2) is 9.07 Å². The minimum absolute atomic E-state index is 0.0704. The Morgan fingerprint density at radius 2 is 1.90 bits per heavy atom. The van der Waals surface area contributed by atoms with Gasteiger partial charge in [0.25, 0.3) is 0 Å². The summed E-state index contributed by atoms with van der Waals surface area (Å²) in [5.41, 5.74) is 3.16. The zero-order valence-electron chi connectivity index (χ0n) is 16.1. The Labute approximate surface area is 167 Å². The van der Waals surface area contributed by atoms with Crippen LogP contribution in [-0.4, -0.2) is 63.7 Å². The average molecular weight is 395 g/mol. The van der Waals surface area contributed by atoms with Crippen molar-refractivity contribution in [3.05, 3.63) is 60.2 Å². The predicted octanol–water partition coefficient (Wildman–Crippen LogP) is 1.87. The highest BCUT2D eigenvalue weighted by Gasteiger charge is 2.21. The normalized spacial score (nSPS) is 14.8. The van der Waals surface area contributed by atoms with E-state index in [1.165, 1.54) is 12.4 Å². The number of halogens is 1. The SMILES string of the molecule is Cc1cc(NC(=O)CN2CCN(c3ccccc3F)CC2)ccc1-n1cnnn1. The molecule has 0 unspecified atom stereocenters. The molecular weight excluding hydrogens is 373 g/mol. The Morgan fingerprint density at radius 3 is 2.59 bits per heavy atom. The van der Waals surface area contributed by atoms with E-state index in [9.17, 15) is 9.18 Å². The number of rotatable bonds is 5. The van der Waals surface area contributed by atoms with Crippen LogP contribution in [0.1, 0.15) is 5.56 Å². The summed E-state index contributed by atoms with van der Waals surface area (Å²) in [6.45, 7) is 5.04. The van der Waals surface area contributed by atoms with Gasteiger partial charge in [0, 0.05) is 31.9 Å². The number of hydrogen-bond donors (Lipinski definition) is 1. The van der Waals surface area contributed by atoms with E-state index in [0.29, 0.717) is 38.4 Å². The van der Waals surface area contributed by atoms with Crippen molar-refractivity contribution >= 4 is 17.3 Å². The molecule has 0 spiro atoms. The molecule has 0 saturated carbocycles. The minimum Gasteiger partial charge on any atom is -0.367 e. The number of benzene rings is 2. The Morgan fingerprint density at radius 1 is 1.10 bits per heavy atom. The average Bonchev–Trinajstić information content (AvgIpc) is 3.24. The summed E-state index contributed by atoms with van der Waals surface area (Å²) in [6, 6.07) is 12.4. The van der Waals surface area contributed by atoms with Crippen LogP contribution in [0.3, 0.4) is 0 Å². The second-order valence-corrected chi connectivity index (χ2v) is 7.02. The molecule has 29 heavy (non-hydrogen) atoms. The molecule has 0 atom stereocenters. The molecule has 1 aromatic heterocycles. The molecule has 1 N–H and O–H groups in total. The van der Waals surface area contributed by atoms with E-state index in [1.54, 1.807) is 16.8 Å². The Hall–Kier alpha value is -3.33. The molecular formula is C20H22FN7O. The smallest absolute Gasteiger partial charge is 0.238 e. The summed E-state index contributed by atoms with van der Waals surface area (Å²) in [6.07, 6.45) is 1.53. The molecule has 1 fully saturated rings. The molecule has 8 nitrogen and oxygen atoms in total. The van der Waals surface area contributed by atoms with E-state index in [-0.39, 0.29) is 11.7 Å². The standard InChI is InChI=1S/C20H22FN7O/c1-15-12-16(6-7-18(15)28-14-22-24-25-28)23-20(29)13-26-8-10-27(11-9-26)19-5-3-2-4-17(19)21/h2-7,12,14H,8-11,13H2,1H3,(H,23,29). The first-order chi connectivity index (χ1) is 14.1.